The molecule has 2 N–H and O–H groups in total. The normalized spacial score (nSPS) is 14.6. The molecule has 2 aromatic carbocycles. The molecule has 0 bridgehead atoms. The number of para-hydroxylation sites is 1. The lowest BCUT2D eigenvalue weighted by molar-refractivity contribution is -0.131. The second-order valence-electron chi connectivity index (χ2n) is 6.93. The molecule has 0 aromatic heterocycles. The molecule has 29 heavy (non-hydrogen) atoms. The van der Waals surface area contributed by atoms with Crippen LogP contribution in [0.15, 0.2) is 59.6 Å². The molecule has 0 atom stereocenters. The molecule has 1 aliphatic heterocycles. The van der Waals surface area contributed by atoms with E-state index in [2.05, 4.69) is 32.7 Å². The van der Waals surface area contributed by atoms with Gasteiger partial charge in [-0.05, 0) is 29.8 Å². The van der Waals surface area contributed by atoms with Gasteiger partial charge in [0.05, 0.1) is 0 Å². The Bertz CT molecular complexity index is 802. The quantitative estimate of drug-likeness (QED) is 0.564. The Kier molecular flexibility index (Phi) is 7.76. The van der Waals surface area contributed by atoms with E-state index >= 15 is 0 Å². The van der Waals surface area contributed by atoms with Crippen molar-refractivity contribution in [3.63, 3.8) is 0 Å². The minimum Gasteiger partial charge on any atom is -0.368 e. The van der Waals surface area contributed by atoms with Crippen LogP contribution in [0, 0.1) is 0 Å². The predicted octanol–water partition coefficient (Wildman–Crippen LogP) is 2.74. The lowest BCUT2D eigenvalue weighted by atomic mass is 10.2. The average Bonchev–Trinajstić information content (AvgIpc) is 2.78. The molecule has 1 amide bonds. The average molecular weight is 414 g/mol. The Morgan fingerprint density at radius 2 is 1.69 bits per heavy atom. The van der Waals surface area contributed by atoms with Crippen LogP contribution in [0.3, 0.4) is 0 Å². The zero-order valence-corrected chi connectivity index (χ0v) is 17.5. The minimum atomic E-state index is 0.179. The number of aliphatic imine (C=N–C) groups is 1. The number of guanidine groups is 1. The summed E-state index contributed by atoms with van der Waals surface area (Å²) in [6.07, 6.45) is 0.451. The van der Waals surface area contributed by atoms with Crippen molar-refractivity contribution in [3.05, 3.63) is 65.2 Å². The summed E-state index contributed by atoms with van der Waals surface area (Å²) < 4.78 is 0. The van der Waals surface area contributed by atoms with Gasteiger partial charge in [-0.15, -0.1) is 0 Å². The van der Waals surface area contributed by atoms with Crippen molar-refractivity contribution in [2.24, 2.45) is 4.99 Å². The molecule has 1 fully saturated rings. The van der Waals surface area contributed by atoms with Gasteiger partial charge in [-0.3, -0.25) is 9.79 Å². The smallest absolute Gasteiger partial charge is 0.224 e. The second kappa shape index (κ2) is 10.7. The zero-order chi connectivity index (χ0) is 20.5. The molecule has 154 valence electrons. The number of amides is 1. The fourth-order valence-electron chi connectivity index (χ4n) is 3.31. The molecule has 7 heteroatoms. The van der Waals surface area contributed by atoms with E-state index in [4.69, 9.17) is 11.6 Å². The number of hydrogen-bond donors (Lipinski definition) is 2. The van der Waals surface area contributed by atoms with Gasteiger partial charge < -0.3 is 20.4 Å². The number of rotatable bonds is 6. The van der Waals surface area contributed by atoms with E-state index in [1.54, 1.807) is 7.05 Å². The number of nitrogens with one attached hydrogen (secondary N) is 2. The van der Waals surface area contributed by atoms with Crippen LogP contribution in [-0.2, 0) is 11.3 Å². The van der Waals surface area contributed by atoms with Crippen LogP contribution in [0.5, 0.6) is 0 Å². The second-order valence-corrected chi connectivity index (χ2v) is 7.37. The summed E-state index contributed by atoms with van der Waals surface area (Å²) in [7, 11) is 1.72. The highest BCUT2D eigenvalue weighted by molar-refractivity contribution is 6.30. The van der Waals surface area contributed by atoms with Crippen LogP contribution >= 0.6 is 11.6 Å². The Hall–Kier alpha value is -2.73. The van der Waals surface area contributed by atoms with Crippen molar-refractivity contribution in [1.82, 2.24) is 15.5 Å². The molecule has 3 rings (SSSR count). The first-order chi connectivity index (χ1) is 14.2. The molecule has 1 saturated heterocycles. The van der Waals surface area contributed by atoms with E-state index in [0.717, 1.165) is 36.8 Å². The predicted molar refractivity (Wildman–Crippen MR) is 120 cm³/mol. The SMILES string of the molecule is CN=C(NCCC(=O)N1CCN(c2ccccc2)CC1)NCc1ccc(Cl)cc1. The summed E-state index contributed by atoms with van der Waals surface area (Å²) in [6, 6.07) is 18.0. The third kappa shape index (κ3) is 6.39. The lowest BCUT2D eigenvalue weighted by Gasteiger charge is -2.36. The molecular weight excluding hydrogens is 386 g/mol. The van der Waals surface area contributed by atoms with Crippen LogP contribution in [0.4, 0.5) is 5.69 Å². The molecule has 0 radical (unpaired) electrons. The van der Waals surface area contributed by atoms with Crippen molar-refractivity contribution in [1.29, 1.82) is 0 Å². The third-order valence-corrected chi connectivity index (χ3v) is 5.23. The van der Waals surface area contributed by atoms with Gasteiger partial charge >= 0.3 is 0 Å². The highest BCUT2D eigenvalue weighted by atomic mass is 35.5. The molecule has 0 aliphatic carbocycles. The molecular formula is C22H28ClN5O. The number of carbonyl (C=O) groups is 1. The van der Waals surface area contributed by atoms with Crippen molar-refractivity contribution >= 4 is 29.2 Å². The molecule has 0 saturated carbocycles. The Labute approximate surface area is 177 Å². The maximum absolute atomic E-state index is 12.5. The summed E-state index contributed by atoms with van der Waals surface area (Å²) in [5, 5.41) is 7.18. The zero-order valence-electron chi connectivity index (χ0n) is 16.8. The fourth-order valence-corrected chi connectivity index (χ4v) is 3.43. The van der Waals surface area contributed by atoms with E-state index in [1.807, 2.05) is 47.4 Å². The van der Waals surface area contributed by atoms with Crippen molar-refractivity contribution in [2.45, 2.75) is 13.0 Å². The molecule has 0 unspecified atom stereocenters. The Morgan fingerprint density at radius 3 is 2.34 bits per heavy atom. The molecule has 6 nitrogen and oxygen atoms in total. The summed E-state index contributed by atoms with van der Waals surface area (Å²) >= 11 is 5.91. The number of hydrogen-bond acceptors (Lipinski definition) is 3. The van der Waals surface area contributed by atoms with Gasteiger partial charge in [-0.2, -0.15) is 0 Å². The fraction of sp³-hybridized carbons (Fsp3) is 0.364. The monoisotopic (exact) mass is 413 g/mol. The topological polar surface area (TPSA) is 60.0 Å². The third-order valence-electron chi connectivity index (χ3n) is 4.98. The summed E-state index contributed by atoms with van der Waals surface area (Å²) in [4.78, 5) is 21.0. The van der Waals surface area contributed by atoms with Gasteiger partial charge in [0.1, 0.15) is 0 Å². The van der Waals surface area contributed by atoms with Crippen molar-refractivity contribution in [3.8, 4) is 0 Å². The summed E-state index contributed by atoms with van der Waals surface area (Å²) in [5.41, 5.74) is 2.33. The van der Waals surface area contributed by atoms with Gasteiger partial charge in [0, 0.05) is 63.4 Å². The molecule has 1 heterocycles. The summed E-state index contributed by atoms with van der Waals surface area (Å²) in [5.74, 6) is 0.861. The molecule has 1 aliphatic rings. The first-order valence-electron chi connectivity index (χ1n) is 9.92. The van der Waals surface area contributed by atoms with Crippen LogP contribution in [-0.4, -0.2) is 56.5 Å². The van der Waals surface area contributed by atoms with E-state index in [9.17, 15) is 4.79 Å². The van der Waals surface area contributed by atoms with Crippen molar-refractivity contribution < 1.29 is 4.79 Å². The van der Waals surface area contributed by atoms with Crippen molar-refractivity contribution in [2.75, 3.05) is 44.7 Å². The number of piperazine rings is 1. The van der Waals surface area contributed by atoms with E-state index in [0.29, 0.717) is 25.5 Å². The number of benzene rings is 2. The number of anilines is 1. The van der Waals surface area contributed by atoms with E-state index in [1.165, 1.54) is 5.69 Å². The maximum Gasteiger partial charge on any atom is 0.224 e. The molecule has 2 aromatic rings. The van der Waals surface area contributed by atoms with Gasteiger partial charge in [0.15, 0.2) is 5.96 Å². The first-order valence-corrected chi connectivity index (χ1v) is 10.3. The minimum absolute atomic E-state index is 0.179. The van der Waals surface area contributed by atoms with Crippen LogP contribution in [0.1, 0.15) is 12.0 Å². The number of nitrogens with zero attached hydrogens (tertiary/aromatic N) is 3. The van der Waals surface area contributed by atoms with E-state index < -0.39 is 0 Å². The maximum atomic E-state index is 12.5. The Morgan fingerprint density at radius 1 is 1.00 bits per heavy atom. The van der Waals surface area contributed by atoms with Crippen LogP contribution < -0.4 is 15.5 Å². The van der Waals surface area contributed by atoms with Crippen LogP contribution in [0.25, 0.3) is 0 Å². The first kappa shape index (κ1) is 21.0. The summed E-state index contributed by atoms with van der Waals surface area (Å²) in [6.45, 7) is 4.46. The van der Waals surface area contributed by atoms with Gasteiger partial charge in [-0.25, -0.2) is 0 Å². The largest absolute Gasteiger partial charge is 0.368 e. The van der Waals surface area contributed by atoms with Gasteiger partial charge in [0.2, 0.25) is 5.91 Å². The van der Waals surface area contributed by atoms with E-state index in [-0.39, 0.29) is 5.91 Å². The standard InChI is InChI=1S/C22H28ClN5O/c1-24-22(26-17-18-7-9-19(23)10-8-18)25-12-11-21(29)28-15-13-27(14-16-28)20-5-3-2-4-6-20/h2-10H,11-17H2,1H3,(H2,24,25,26). The highest BCUT2D eigenvalue weighted by Crippen LogP contribution is 2.15. The highest BCUT2D eigenvalue weighted by Gasteiger charge is 2.20. The van der Waals surface area contributed by atoms with Crippen LogP contribution in [0.2, 0.25) is 5.02 Å². The number of carbonyl (C=O) groups excluding carboxylic acids is 1. The van der Waals surface area contributed by atoms with Gasteiger partial charge in [0.25, 0.3) is 0 Å². The van der Waals surface area contributed by atoms with Gasteiger partial charge in [-0.1, -0.05) is 41.9 Å². The molecule has 0 spiro atoms. The number of halogens is 1. The lowest BCUT2D eigenvalue weighted by Crippen LogP contribution is -2.49. The Balaban J connectivity index is 1.36.